The van der Waals surface area contributed by atoms with Crippen LogP contribution in [-0.2, 0) is 4.74 Å². The molecule has 1 aromatic carbocycles. The molecule has 1 N–H and O–H groups in total. The van der Waals surface area contributed by atoms with Crippen LogP contribution in [0.4, 0.5) is 0 Å². The molecule has 0 aliphatic heterocycles. The van der Waals surface area contributed by atoms with Crippen molar-refractivity contribution in [2.75, 3.05) is 7.11 Å². The lowest BCUT2D eigenvalue weighted by Gasteiger charge is -2.32. The third-order valence-electron chi connectivity index (χ3n) is 4.26. The number of rotatable bonds is 3. The minimum atomic E-state index is -0.142. The Balaban J connectivity index is 1.83. The van der Waals surface area contributed by atoms with Gasteiger partial charge in [-0.1, -0.05) is 36.4 Å². The van der Waals surface area contributed by atoms with Crippen LogP contribution in [0, 0.1) is 0 Å². The molecule has 2 aromatic rings. The smallest absolute Gasteiger partial charge is 0.270 e. The van der Waals surface area contributed by atoms with E-state index in [1.165, 1.54) is 5.57 Å². The minimum Gasteiger partial charge on any atom is -0.379 e. The maximum atomic E-state index is 12.6. The van der Waals surface area contributed by atoms with E-state index in [1.807, 2.05) is 30.3 Å². The Morgan fingerprint density at radius 1 is 1.36 bits per heavy atom. The molecule has 1 aliphatic rings. The molecule has 22 heavy (non-hydrogen) atoms. The van der Waals surface area contributed by atoms with E-state index in [-0.39, 0.29) is 18.1 Å². The van der Waals surface area contributed by atoms with Crippen LogP contribution in [0.5, 0.6) is 0 Å². The van der Waals surface area contributed by atoms with Gasteiger partial charge in [-0.2, -0.15) is 0 Å². The lowest BCUT2D eigenvalue weighted by Crippen LogP contribution is -2.46. The zero-order chi connectivity index (χ0) is 15.5. The van der Waals surface area contributed by atoms with Crippen molar-refractivity contribution in [3.05, 3.63) is 54.4 Å². The van der Waals surface area contributed by atoms with Gasteiger partial charge in [-0.25, -0.2) is 0 Å². The fourth-order valence-corrected chi connectivity index (χ4v) is 3.02. The summed E-state index contributed by atoms with van der Waals surface area (Å²) in [6.07, 6.45) is 4.24. The second-order valence-electron chi connectivity index (χ2n) is 5.73. The maximum absolute atomic E-state index is 12.6. The number of fused-ring (bicyclic) bond motifs is 1. The van der Waals surface area contributed by atoms with Crippen LogP contribution in [0.25, 0.3) is 10.8 Å². The molecule has 0 saturated heterocycles. The Morgan fingerprint density at radius 2 is 2.18 bits per heavy atom. The van der Waals surface area contributed by atoms with Gasteiger partial charge in [0.15, 0.2) is 0 Å². The van der Waals surface area contributed by atoms with Crippen molar-refractivity contribution in [1.82, 2.24) is 10.3 Å². The van der Waals surface area contributed by atoms with Gasteiger partial charge in [0.05, 0.1) is 12.1 Å². The van der Waals surface area contributed by atoms with Gasteiger partial charge in [-0.15, -0.1) is 0 Å². The Hall–Kier alpha value is -2.20. The largest absolute Gasteiger partial charge is 0.379 e. The fraction of sp³-hybridized carbons (Fsp3) is 0.333. The first-order valence-corrected chi connectivity index (χ1v) is 7.53. The van der Waals surface area contributed by atoms with Crippen molar-refractivity contribution in [2.24, 2.45) is 0 Å². The molecule has 4 nitrogen and oxygen atoms in total. The summed E-state index contributed by atoms with van der Waals surface area (Å²) < 4.78 is 5.50. The fourth-order valence-electron chi connectivity index (χ4n) is 3.02. The zero-order valence-corrected chi connectivity index (χ0v) is 12.7. The topological polar surface area (TPSA) is 51.2 Å². The highest BCUT2D eigenvalue weighted by molar-refractivity contribution is 6.05. The summed E-state index contributed by atoms with van der Waals surface area (Å²) in [5.74, 6) is -0.142. The molecule has 1 aromatic heterocycles. The van der Waals surface area contributed by atoms with Crippen molar-refractivity contribution in [3.8, 4) is 0 Å². The number of aromatic nitrogens is 1. The molecule has 0 radical (unpaired) electrons. The molecule has 2 unspecified atom stereocenters. The van der Waals surface area contributed by atoms with Crippen molar-refractivity contribution in [2.45, 2.75) is 31.4 Å². The van der Waals surface area contributed by atoms with E-state index in [2.05, 4.69) is 16.9 Å². The van der Waals surface area contributed by atoms with Crippen LogP contribution in [0.2, 0.25) is 0 Å². The first kappa shape index (κ1) is 14.7. The first-order valence-electron chi connectivity index (χ1n) is 7.53. The quantitative estimate of drug-likeness (QED) is 0.886. The van der Waals surface area contributed by atoms with E-state index in [0.717, 1.165) is 30.0 Å². The lowest BCUT2D eigenvalue weighted by atomic mass is 9.89. The lowest BCUT2D eigenvalue weighted by molar-refractivity contribution is 0.0507. The molecule has 3 rings (SSSR count). The Bertz CT molecular complexity index is 706. The summed E-state index contributed by atoms with van der Waals surface area (Å²) in [5.41, 5.74) is 1.65. The second kappa shape index (κ2) is 6.28. The van der Waals surface area contributed by atoms with Gasteiger partial charge in [-0.3, -0.25) is 9.78 Å². The number of ether oxygens (including phenoxy) is 1. The first-order chi connectivity index (χ1) is 10.7. The monoisotopic (exact) mass is 296 g/mol. The Kier molecular flexibility index (Phi) is 4.20. The number of carbonyl (C=O) groups is 1. The molecule has 0 spiro atoms. The van der Waals surface area contributed by atoms with Crippen molar-refractivity contribution in [1.29, 1.82) is 0 Å². The number of benzene rings is 1. The highest BCUT2D eigenvalue weighted by Gasteiger charge is 2.28. The molecule has 0 bridgehead atoms. The van der Waals surface area contributed by atoms with Crippen molar-refractivity contribution < 1.29 is 9.53 Å². The summed E-state index contributed by atoms with van der Waals surface area (Å²) in [5, 5.41) is 4.97. The summed E-state index contributed by atoms with van der Waals surface area (Å²) in [6, 6.07) is 9.70. The molecule has 1 heterocycles. The molecular weight excluding hydrogens is 276 g/mol. The SMILES string of the molecule is C=C1CCC(NC(=O)c2nccc3ccccc23)C(OC)C1. The van der Waals surface area contributed by atoms with Gasteiger partial charge >= 0.3 is 0 Å². The van der Waals surface area contributed by atoms with Crippen molar-refractivity contribution in [3.63, 3.8) is 0 Å². The number of carbonyl (C=O) groups excluding carboxylic acids is 1. The van der Waals surface area contributed by atoms with Crippen molar-refractivity contribution >= 4 is 16.7 Å². The average molecular weight is 296 g/mol. The minimum absolute atomic E-state index is 0.00349. The standard InChI is InChI=1S/C18H20N2O2/c1-12-7-8-15(16(11-12)22-2)20-18(21)17-14-6-4-3-5-13(14)9-10-19-17/h3-6,9-10,15-16H,1,7-8,11H2,2H3,(H,20,21). The van der Waals surface area contributed by atoms with Gasteiger partial charge in [0.1, 0.15) is 5.69 Å². The Morgan fingerprint density at radius 3 is 3.00 bits per heavy atom. The molecule has 1 amide bonds. The number of amides is 1. The molecule has 114 valence electrons. The predicted molar refractivity (Wildman–Crippen MR) is 86.8 cm³/mol. The van der Waals surface area contributed by atoms with Gasteiger partial charge in [0, 0.05) is 18.7 Å². The van der Waals surface area contributed by atoms with E-state index in [4.69, 9.17) is 4.74 Å². The summed E-state index contributed by atoms with van der Waals surface area (Å²) in [7, 11) is 1.68. The third-order valence-corrected chi connectivity index (χ3v) is 4.26. The maximum Gasteiger partial charge on any atom is 0.270 e. The van der Waals surface area contributed by atoms with Crippen LogP contribution in [0.3, 0.4) is 0 Å². The summed E-state index contributed by atoms with van der Waals surface area (Å²) in [4.78, 5) is 16.9. The summed E-state index contributed by atoms with van der Waals surface area (Å²) in [6.45, 7) is 4.02. The van der Waals surface area contributed by atoms with Crippen LogP contribution in [-0.4, -0.2) is 30.1 Å². The number of hydrogen-bond donors (Lipinski definition) is 1. The van der Waals surface area contributed by atoms with Crippen LogP contribution in [0.1, 0.15) is 29.8 Å². The number of nitrogens with zero attached hydrogens (tertiary/aromatic N) is 1. The molecule has 1 aliphatic carbocycles. The van der Waals surface area contributed by atoms with E-state index < -0.39 is 0 Å². The third kappa shape index (κ3) is 2.88. The number of hydrogen-bond acceptors (Lipinski definition) is 3. The van der Waals surface area contributed by atoms with Gasteiger partial charge in [0.25, 0.3) is 5.91 Å². The Labute approximate surface area is 130 Å². The van der Waals surface area contributed by atoms with E-state index in [0.29, 0.717) is 5.69 Å². The van der Waals surface area contributed by atoms with Crippen LogP contribution < -0.4 is 5.32 Å². The zero-order valence-electron chi connectivity index (χ0n) is 12.7. The van der Waals surface area contributed by atoms with Gasteiger partial charge in [-0.05, 0) is 30.7 Å². The molecule has 4 heteroatoms. The number of pyridine rings is 1. The van der Waals surface area contributed by atoms with E-state index in [1.54, 1.807) is 13.3 Å². The highest BCUT2D eigenvalue weighted by atomic mass is 16.5. The van der Waals surface area contributed by atoms with E-state index in [9.17, 15) is 4.79 Å². The molecule has 1 saturated carbocycles. The second-order valence-corrected chi connectivity index (χ2v) is 5.73. The molecule has 2 atom stereocenters. The predicted octanol–water partition coefficient (Wildman–Crippen LogP) is 3.09. The normalized spacial score (nSPS) is 21.8. The van der Waals surface area contributed by atoms with Gasteiger partial charge in [0.2, 0.25) is 0 Å². The highest BCUT2D eigenvalue weighted by Crippen LogP contribution is 2.25. The number of nitrogens with one attached hydrogen (secondary N) is 1. The van der Waals surface area contributed by atoms with Gasteiger partial charge < -0.3 is 10.1 Å². The van der Waals surface area contributed by atoms with Crippen LogP contribution in [0.15, 0.2) is 48.7 Å². The molecular formula is C18H20N2O2. The average Bonchev–Trinajstić information content (AvgIpc) is 2.55. The number of methoxy groups -OCH3 is 1. The summed E-state index contributed by atoms with van der Waals surface area (Å²) >= 11 is 0. The van der Waals surface area contributed by atoms with Crippen LogP contribution >= 0.6 is 0 Å². The molecule has 1 fully saturated rings. The van der Waals surface area contributed by atoms with E-state index >= 15 is 0 Å².